The zero-order valence-electron chi connectivity index (χ0n) is 18.3. The Labute approximate surface area is 182 Å². The largest absolute Gasteiger partial charge is 0.375 e. The van der Waals surface area contributed by atoms with E-state index in [2.05, 4.69) is 59.4 Å². The summed E-state index contributed by atoms with van der Waals surface area (Å²) in [5, 5.41) is 14.0. The number of amides is 1. The second-order valence-electron chi connectivity index (χ2n) is 8.89. The van der Waals surface area contributed by atoms with Crippen molar-refractivity contribution in [2.75, 3.05) is 18.1 Å². The Morgan fingerprint density at radius 1 is 1.16 bits per heavy atom. The molecule has 0 bridgehead atoms. The van der Waals surface area contributed by atoms with Crippen LogP contribution in [0.1, 0.15) is 42.6 Å². The molecule has 1 aliphatic heterocycles. The summed E-state index contributed by atoms with van der Waals surface area (Å²) in [5.41, 5.74) is 3.99. The fourth-order valence-corrected chi connectivity index (χ4v) is 4.22. The normalized spacial score (nSPS) is 21.3. The number of anilines is 1. The van der Waals surface area contributed by atoms with Gasteiger partial charge in [0.2, 0.25) is 0 Å². The number of ether oxygens (including phenoxy) is 1. The lowest BCUT2D eigenvalue weighted by Gasteiger charge is -2.37. The van der Waals surface area contributed by atoms with Crippen molar-refractivity contribution in [3.05, 3.63) is 53.7 Å². The molecule has 2 heterocycles. The first kappa shape index (κ1) is 19.9. The lowest BCUT2D eigenvalue weighted by atomic mass is 9.96. The second-order valence-corrected chi connectivity index (χ2v) is 8.89. The van der Waals surface area contributed by atoms with Gasteiger partial charge in [0.05, 0.1) is 24.9 Å². The molecule has 2 aliphatic rings. The molecule has 6 heteroatoms. The Kier molecular flexibility index (Phi) is 5.10. The number of hydrogen-bond donors (Lipinski definition) is 1. The van der Waals surface area contributed by atoms with Gasteiger partial charge in [-0.15, -0.1) is 5.10 Å². The van der Waals surface area contributed by atoms with Gasteiger partial charge in [-0.25, -0.2) is 0 Å². The predicted molar refractivity (Wildman–Crippen MR) is 122 cm³/mol. The van der Waals surface area contributed by atoms with Gasteiger partial charge < -0.3 is 15.0 Å². The van der Waals surface area contributed by atoms with Crippen molar-refractivity contribution >= 4 is 22.5 Å². The summed E-state index contributed by atoms with van der Waals surface area (Å²) in [6.07, 6.45) is 4.15. The smallest absolute Gasteiger partial charge is 0.251 e. The molecule has 31 heavy (non-hydrogen) atoms. The number of hydrogen-bond acceptors (Lipinski definition) is 5. The predicted octanol–water partition coefficient (Wildman–Crippen LogP) is 4.11. The standard InChI is InChI=1S/C25H28N4O2/c1-15-4-5-19(25(30)27-21-7-8-21)11-23(15)18-6-9-22-20(10-18)12-26-28-24(22)29-13-17(3)31-14-16(29)2/h4-6,9-12,16-17,21H,7-8,13-14H2,1-3H3,(H,27,30)/t16-,17-/m1/s1. The molecule has 0 radical (unpaired) electrons. The highest BCUT2D eigenvalue weighted by Gasteiger charge is 2.26. The summed E-state index contributed by atoms with van der Waals surface area (Å²) in [6, 6.07) is 12.9. The maximum Gasteiger partial charge on any atom is 0.251 e. The summed E-state index contributed by atoms with van der Waals surface area (Å²) in [4.78, 5) is 14.8. The first-order valence-electron chi connectivity index (χ1n) is 11.0. The monoisotopic (exact) mass is 416 g/mol. The first-order valence-corrected chi connectivity index (χ1v) is 11.0. The number of aromatic nitrogens is 2. The number of aryl methyl sites for hydroxylation is 1. The number of carbonyl (C=O) groups excluding carboxylic acids is 1. The van der Waals surface area contributed by atoms with E-state index in [9.17, 15) is 4.79 Å². The summed E-state index contributed by atoms with van der Waals surface area (Å²) in [6.45, 7) is 7.81. The van der Waals surface area contributed by atoms with Gasteiger partial charge >= 0.3 is 0 Å². The maximum atomic E-state index is 12.5. The fourth-order valence-electron chi connectivity index (χ4n) is 4.22. The molecule has 1 saturated carbocycles. The van der Waals surface area contributed by atoms with E-state index in [0.717, 1.165) is 52.7 Å². The molecular formula is C25H28N4O2. The molecule has 0 unspecified atom stereocenters. The fraction of sp³-hybridized carbons (Fsp3) is 0.400. The molecule has 3 aromatic rings. The topological polar surface area (TPSA) is 67.4 Å². The van der Waals surface area contributed by atoms with Crippen molar-refractivity contribution in [2.45, 2.75) is 51.8 Å². The minimum Gasteiger partial charge on any atom is -0.375 e. The Morgan fingerprint density at radius 2 is 2.00 bits per heavy atom. The van der Waals surface area contributed by atoms with Crippen LogP contribution in [-0.4, -0.2) is 47.4 Å². The van der Waals surface area contributed by atoms with Gasteiger partial charge in [-0.1, -0.05) is 12.1 Å². The van der Waals surface area contributed by atoms with E-state index in [-0.39, 0.29) is 18.1 Å². The van der Waals surface area contributed by atoms with Crippen molar-refractivity contribution in [2.24, 2.45) is 0 Å². The number of morpholine rings is 1. The molecule has 1 amide bonds. The Hall–Kier alpha value is -2.99. The highest BCUT2D eigenvalue weighted by molar-refractivity contribution is 5.98. The van der Waals surface area contributed by atoms with E-state index in [0.29, 0.717) is 18.2 Å². The highest BCUT2D eigenvalue weighted by Crippen LogP contribution is 2.32. The second kappa shape index (κ2) is 7.93. The van der Waals surface area contributed by atoms with Crippen molar-refractivity contribution in [1.29, 1.82) is 0 Å². The quantitative estimate of drug-likeness (QED) is 0.693. The number of carbonyl (C=O) groups is 1. The van der Waals surface area contributed by atoms with Gasteiger partial charge in [-0.05, 0) is 74.6 Å². The summed E-state index contributed by atoms with van der Waals surface area (Å²) in [7, 11) is 0. The van der Waals surface area contributed by atoms with Crippen LogP contribution in [0.3, 0.4) is 0 Å². The zero-order valence-corrected chi connectivity index (χ0v) is 18.3. The lowest BCUT2D eigenvalue weighted by Crippen LogP contribution is -2.48. The SMILES string of the molecule is Cc1ccc(C(=O)NC2CC2)cc1-c1ccc2c(N3C[C@@H](C)OC[C@H]3C)nncc2c1. The van der Waals surface area contributed by atoms with Gasteiger partial charge in [0.1, 0.15) is 0 Å². The number of benzene rings is 2. The van der Waals surface area contributed by atoms with Crippen LogP contribution in [0.5, 0.6) is 0 Å². The molecule has 1 aromatic heterocycles. The Bertz CT molecular complexity index is 1140. The van der Waals surface area contributed by atoms with Crippen LogP contribution in [0, 0.1) is 6.92 Å². The van der Waals surface area contributed by atoms with E-state index >= 15 is 0 Å². The van der Waals surface area contributed by atoms with Crippen molar-refractivity contribution in [3.8, 4) is 11.1 Å². The molecule has 160 valence electrons. The molecular weight excluding hydrogens is 388 g/mol. The average molecular weight is 417 g/mol. The van der Waals surface area contributed by atoms with E-state index in [1.807, 2.05) is 24.4 Å². The number of fused-ring (bicyclic) bond motifs is 1. The number of rotatable bonds is 4. The van der Waals surface area contributed by atoms with Crippen LogP contribution in [0.4, 0.5) is 5.82 Å². The van der Waals surface area contributed by atoms with Crippen LogP contribution in [0.25, 0.3) is 21.9 Å². The first-order chi connectivity index (χ1) is 15.0. The van der Waals surface area contributed by atoms with E-state index in [4.69, 9.17) is 4.74 Å². The molecule has 2 aromatic carbocycles. The van der Waals surface area contributed by atoms with E-state index in [1.54, 1.807) is 0 Å². The molecule has 5 rings (SSSR count). The van der Waals surface area contributed by atoms with Crippen molar-refractivity contribution < 1.29 is 9.53 Å². The van der Waals surface area contributed by atoms with Crippen molar-refractivity contribution in [1.82, 2.24) is 15.5 Å². The van der Waals surface area contributed by atoms with Gasteiger partial charge in [-0.3, -0.25) is 4.79 Å². The van der Waals surface area contributed by atoms with Crippen LogP contribution in [0.2, 0.25) is 0 Å². The summed E-state index contributed by atoms with van der Waals surface area (Å²) < 4.78 is 5.78. The Balaban J connectivity index is 1.51. The van der Waals surface area contributed by atoms with Crippen LogP contribution >= 0.6 is 0 Å². The van der Waals surface area contributed by atoms with Crippen molar-refractivity contribution in [3.63, 3.8) is 0 Å². The number of nitrogens with one attached hydrogen (secondary N) is 1. The summed E-state index contributed by atoms with van der Waals surface area (Å²) >= 11 is 0. The average Bonchev–Trinajstić information content (AvgIpc) is 3.59. The minimum atomic E-state index is 0.00752. The molecule has 2 atom stereocenters. The molecule has 2 fully saturated rings. The van der Waals surface area contributed by atoms with Gasteiger partial charge in [0.25, 0.3) is 5.91 Å². The summed E-state index contributed by atoms with van der Waals surface area (Å²) in [5.74, 6) is 0.911. The van der Waals surface area contributed by atoms with E-state index < -0.39 is 0 Å². The van der Waals surface area contributed by atoms with Gasteiger partial charge in [-0.2, -0.15) is 5.10 Å². The Morgan fingerprint density at radius 3 is 2.81 bits per heavy atom. The van der Waals surface area contributed by atoms with Gasteiger partial charge in [0, 0.05) is 28.9 Å². The molecule has 0 spiro atoms. The molecule has 6 nitrogen and oxygen atoms in total. The zero-order chi connectivity index (χ0) is 21.5. The third-order valence-corrected chi connectivity index (χ3v) is 6.24. The third kappa shape index (κ3) is 4.00. The van der Waals surface area contributed by atoms with Crippen LogP contribution in [-0.2, 0) is 4.74 Å². The lowest BCUT2D eigenvalue weighted by molar-refractivity contribution is 0.0341. The van der Waals surface area contributed by atoms with Crippen LogP contribution in [0.15, 0.2) is 42.6 Å². The van der Waals surface area contributed by atoms with Crippen LogP contribution < -0.4 is 10.2 Å². The maximum absolute atomic E-state index is 12.5. The third-order valence-electron chi connectivity index (χ3n) is 6.24. The molecule has 1 saturated heterocycles. The molecule has 1 N–H and O–H groups in total. The van der Waals surface area contributed by atoms with Gasteiger partial charge in [0.15, 0.2) is 5.82 Å². The minimum absolute atomic E-state index is 0.00752. The van der Waals surface area contributed by atoms with E-state index in [1.165, 1.54) is 0 Å². The highest BCUT2D eigenvalue weighted by atomic mass is 16.5. The number of nitrogens with zero attached hydrogens (tertiary/aromatic N) is 3. The molecule has 1 aliphatic carbocycles.